The third-order valence-corrected chi connectivity index (χ3v) is 9.33. The van der Waals surface area contributed by atoms with Crippen molar-refractivity contribution in [2.75, 3.05) is 40.2 Å². The molecular weight excluding hydrogens is 863 g/mol. The summed E-state index contributed by atoms with van der Waals surface area (Å²) < 4.78 is 16.5. The first-order chi connectivity index (χ1) is 31.4. The van der Waals surface area contributed by atoms with Crippen LogP contribution in [0.25, 0.3) is 0 Å². The van der Waals surface area contributed by atoms with Crippen molar-refractivity contribution >= 4 is 69.8 Å². The molecule has 0 spiro atoms. The minimum atomic E-state index is -1.66. The number of methoxy groups -OCH3 is 1. The molecule has 10 N–H and O–H groups in total. The van der Waals surface area contributed by atoms with E-state index in [9.17, 15) is 49.0 Å². The molecule has 66 heavy (non-hydrogen) atoms. The van der Waals surface area contributed by atoms with E-state index in [0.717, 1.165) is 7.11 Å². The predicted octanol–water partition coefficient (Wildman–Crippen LogP) is 4.96. The molecule has 6 amide bonds. The molecule has 0 fully saturated rings. The highest BCUT2D eigenvalue weighted by Crippen LogP contribution is 2.39. The van der Waals surface area contributed by atoms with Crippen LogP contribution in [-0.2, 0) is 14.3 Å². The van der Waals surface area contributed by atoms with Crippen molar-refractivity contribution in [2.24, 2.45) is 5.73 Å². The Balaban J connectivity index is 1.26. The molecule has 0 saturated heterocycles. The summed E-state index contributed by atoms with van der Waals surface area (Å²) in [5.41, 5.74) is 5.95. The van der Waals surface area contributed by atoms with E-state index >= 15 is 0 Å². The largest absolute Gasteiger partial charge is 0.733 e. The minimum Gasteiger partial charge on any atom is -0.733 e. The van der Waals surface area contributed by atoms with E-state index in [4.69, 9.17) is 25.2 Å². The number of phenols is 1. The summed E-state index contributed by atoms with van der Waals surface area (Å²) in [7, 11) is 1.11. The van der Waals surface area contributed by atoms with Crippen LogP contribution in [0.4, 0.5) is 28.4 Å². The first-order valence-electron chi connectivity index (χ1n) is 19.8. The van der Waals surface area contributed by atoms with Crippen LogP contribution in [-0.4, -0.2) is 88.8 Å². The SMILES string of the molecule is CCOc1cc(C(=O)O)ccc1NC(=O)c1ccc(NC(=O)c2ccc(NC(=O)[C@@H](NC(=O)c3ccc(NC(=O)c4ccc(N([O-])O)cc4)cc3)[C@@H](OC)C(N)=O)cc2)c(OC(C)C)c1O. The van der Waals surface area contributed by atoms with Crippen molar-refractivity contribution in [1.82, 2.24) is 5.32 Å². The van der Waals surface area contributed by atoms with E-state index in [1.54, 1.807) is 20.8 Å². The Kier molecular flexibility index (Phi) is 16.0. The number of primary amides is 1. The zero-order valence-electron chi connectivity index (χ0n) is 35.6. The Morgan fingerprint density at radius 3 is 1.74 bits per heavy atom. The molecule has 0 saturated carbocycles. The fourth-order valence-corrected chi connectivity index (χ4v) is 6.12. The molecule has 2 atom stereocenters. The number of nitrogens with one attached hydrogen (secondary N) is 5. The van der Waals surface area contributed by atoms with Gasteiger partial charge in [0.25, 0.3) is 23.6 Å². The van der Waals surface area contributed by atoms with E-state index in [1.165, 1.54) is 103 Å². The highest BCUT2D eigenvalue weighted by Gasteiger charge is 2.34. The van der Waals surface area contributed by atoms with Gasteiger partial charge in [0.2, 0.25) is 11.8 Å². The zero-order valence-corrected chi connectivity index (χ0v) is 35.6. The quantitative estimate of drug-likeness (QED) is 0.0494. The van der Waals surface area contributed by atoms with Crippen LogP contribution in [0.1, 0.15) is 72.6 Å². The Morgan fingerprint density at radius 2 is 1.21 bits per heavy atom. The van der Waals surface area contributed by atoms with Crippen molar-refractivity contribution in [3.8, 4) is 17.2 Å². The molecule has 21 heteroatoms. The Morgan fingerprint density at radius 1 is 0.697 bits per heavy atom. The van der Waals surface area contributed by atoms with E-state index < -0.39 is 65.4 Å². The van der Waals surface area contributed by atoms with E-state index in [0.29, 0.717) is 0 Å². The van der Waals surface area contributed by atoms with E-state index in [1.807, 2.05) is 0 Å². The Labute approximate surface area is 376 Å². The predicted molar refractivity (Wildman–Crippen MR) is 239 cm³/mol. The maximum atomic E-state index is 13.6. The Bertz CT molecular complexity index is 2620. The standard InChI is InChI=1S/C45H44N7O14/c1-5-65-34-22-27(45(60)61)12-20-32(34)49-43(58)31-19-21-33(37(36(31)53)66-23(2)3)50-41(56)24-6-15-29(16-7-24)48-44(59)35(38(64-4)39(46)54)51-42(57)25-8-13-28(14-9-25)47-40(55)26-10-17-30(18-11-26)52(62)63/h6-23,35,38,53,62H,5H2,1-4H3,(H2,46,54)(H,47,55)(H,48,59)(H,49,58)(H,50,56)(H,51,57)(H,60,61)/q-1/t35-,38+/m0/s1. The van der Waals surface area contributed by atoms with Crippen LogP contribution >= 0.6 is 0 Å². The molecule has 5 rings (SSSR count). The topological polar surface area (TPSA) is 320 Å². The number of phenolic OH excluding ortho intramolecular Hbond substituents is 1. The average Bonchev–Trinajstić information content (AvgIpc) is 3.28. The van der Waals surface area contributed by atoms with Gasteiger partial charge in [0.15, 0.2) is 17.6 Å². The molecule has 0 aliphatic carbocycles. The number of rotatable bonds is 19. The fraction of sp³-hybridized carbons (Fsp3) is 0.178. The van der Waals surface area contributed by atoms with Gasteiger partial charge in [-0.1, -0.05) is 0 Å². The number of amides is 6. The molecule has 5 aromatic carbocycles. The van der Waals surface area contributed by atoms with Gasteiger partial charge in [-0.05, 0) is 124 Å². The number of benzene rings is 5. The number of aromatic carboxylic acids is 1. The summed E-state index contributed by atoms with van der Waals surface area (Å²) in [6, 6.07) is 20.8. The first-order valence-corrected chi connectivity index (χ1v) is 19.8. The number of anilines is 5. The Hall–Kier alpha value is -8.53. The maximum absolute atomic E-state index is 13.6. The number of ether oxygens (including phenoxy) is 3. The highest BCUT2D eigenvalue weighted by molar-refractivity contribution is 6.10. The van der Waals surface area contributed by atoms with Crippen LogP contribution in [0.2, 0.25) is 0 Å². The number of hydrogen-bond acceptors (Lipinski definition) is 14. The monoisotopic (exact) mass is 906 g/mol. The second-order valence-corrected chi connectivity index (χ2v) is 14.3. The molecule has 0 radical (unpaired) electrons. The molecule has 0 aliphatic rings. The highest BCUT2D eigenvalue weighted by atomic mass is 16.8. The molecule has 344 valence electrons. The summed E-state index contributed by atoms with van der Waals surface area (Å²) in [6.07, 6.45) is -2.15. The number of carbonyl (C=O) groups excluding carboxylic acids is 6. The third-order valence-electron chi connectivity index (χ3n) is 9.33. The van der Waals surface area contributed by atoms with Crippen molar-refractivity contribution in [2.45, 2.75) is 39.0 Å². The lowest BCUT2D eigenvalue weighted by molar-refractivity contribution is -0.134. The summed E-state index contributed by atoms with van der Waals surface area (Å²) in [5.74, 6) is -6.76. The summed E-state index contributed by atoms with van der Waals surface area (Å²) in [6.45, 7) is 5.17. The van der Waals surface area contributed by atoms with E-state index in [-0.39, 0.29) is 79.6 Å². The van der Waals surface area contributed by atoms with Gasteiger partial charge < -0.3 is 67.2 Å². The molecule has 21 nitrogen and oxygen atoms in total. The summed E-state index contributed by atoms with van der Waals surface area (Å²) >= 11 is 0. The van der Waals surface area contributed by atoms with Crippen molar-refractivity contribution in [3.63, 3.8) is 0 Å². The van der Waals surface area contributed by atoms with Gasteiger partial charge in [-0.15, -0.1) is 0 Å². The number of nitrogens with two attached hydrogens (primary N) is 1. The molecule has 0 aromatic heterocycles. The van der Waals surface area contributed by atoms with Gasteiger partial charge in [0, 0.05) is 35.2 Å². The summed E-state index contributed by atoms with van der Waals surface area (Å²) in [4.78, 5) is 90.1. The average molecular weight is 907 g/mol. The number of aromatic hydroxyl groups is 1. The molecular formula is C45H44N7O14-. The molecule has 0 bridgehead atoms. The van der Waals surface area contributed by atoms with Crippen LogP contribution in [0.5, 0.6) is 17.2 Å². The third kappa shape index (κ3) is 12.1. The number of hydrogen-bond donors (Lipinski definition) is 9. The zero-order chi connectivity index (χ0) is 48.2. The minimum absolute atomic E-state index is 0.0000949. The van der Waals surface area contributed by atoms with Gasteiger partial charge in [-0.25, -0.2) is 4.79 Å². The van der Waals surface area contributed by atoms with Crippen LogP contribution in [0, 0.1) is 5.21 Å². The van der Waals surface area contributed by atoms with Gasteiger partial charge in [-0.2, -0.15) is 0 Å². The van der Waals surface area contributed by atoms with Gasteiger partial charge in [0.05, 0.1) is 40.9 Å². The number of carboxylic acids is 1. The van der Waals surface area contributed by atoms with Gasteiger partial charge in [0.1, 0.15) is 11.8 Å². The van der Waals surface area contributed by atoms with Gasteiger partial charge in [-0.3, -0.25) is 34.0 Å². The van der Waals surface area contributed by atoms with Crippen molar-refractivity contribution in [1.29, 1.82) is 0 Å². The number of nitrogens with zero attached hydrogens (tertiary/aromatic N) is 1. The normalized spacial score (nSPS) is 11.6. The van der Waals surface area contributed by atoms with E-state index in [2.05, 4.69) is 26.6 Å². The molecule has 0 unspecified atom stereocenters. The fourth-order valence-electron chi connectivity index (χ4n) is 6.12. The van der Waals surface area contributed by atoms with Crippen molar-refractivity contribution < 1.29 is 63.2 Å². The molecule has 0 heterocycles. The van der Waals surface area contributed by atoms with Crippen molar-refractivity contribution in [3.05, 3.63) is 136 Å². The number of carbonyl (C=O) groups is 7. The van der Waals surface area contributed by atoms with Crippen LogP contribution < -0.4 is 47.0 Å². The maximum Gasteiger partial charge on any atom is 0.335 e. The first kappa shape index (κ1) is 48.5. The van der Waals surface area contributed by atoms with Crippen LogP contribution in [0.3, 0.4) is 0 Å². The van der Waals surface area contributed by atoms with Gasteiger partial charge >= 0.3 is 5.97 Å². The van der Waals surface area contributed by atoms with Crippen LogP contribution in [0.15, 0.2) is 103 Å². The number of carboxylic acid groups (broad SMARTS) is 1. The molecule has 0 aliphatic heterocycles. The lowest BCUT2D eigenvalue weighted by atomic mass is 10.1. The second kappa shape index (κ2) is 21.7. The lowest BCUT2D eigenvalue weighted by Gasteiger charge is -2.24. The molecule has 5 aromatic rings. The second-order valence-electron chi connectivity index (χ2n) is 14.3. The summed E-state index contributed by atoms with van der Waals surface area (Å²) in [5, 5.41) is 53.1. The lowest BCUT2D eigenvalue weighted by Crippen LogP contribution is -2.56. The smallest absolute Gasteiger partial charge is 0.335 e.